The van der Waals surface area contributed by atoms with E-state index in [9.17, 15) is 5.11 Å². The van der Waals surface area contributed by atoms with Crippen molar-refractivity contribution in [2.24, 2.45) is 11.8 Å². The number of aliphatic hydroxyl groups excluding tert-OH is 1. The molecule has 118 valence electrons. The number of benzene rings is 1. The molecule has 1 saturated heterocycles. The third kappa shape index (κ3) is 4.55. The van der Waals surface area contributed by atoms with Crippen molar-refractivity contribution in [3.8, 4) is 0 Å². The maximum absolute atomic E-state index is 10.5. The molecule has 1 aliphatic heterocycles. The Kier molecular flexibility index (Phi) is 5.83. The summed E-state index contributed by atoms with van der Waals surface area (Å²) in [6, 6.07) is 9.11. The van der Waals surface area contributed by atoms with Crippen LogP contribution in [0.15, 0.2) is 24.3 Å². The Morgan fingerprint density at radius 3 is 2.48 bits per heavy atom. The molecule has 0 amide bonds. The number of rotatable bonds is 5. The Morgan fingerprint density at radius 1 is 1.19 bits per heavy atom. The van der Waals surface area contributed by atoms with Crippen LogP contribution in [0.2, 0.25) is 0 Å². The SMILES string of the molecule is CC(C)Cc1ccc(C(O)CN2CCCC(C)C2C)cc1. The van der Waals surface area contributed by atoms with Crippen LogP contribution in [0.1, 0.15) is 57.8 Å². The van der Waals surface area contributed by atoms with E-state index in [2.05, 4.69) is 56.9 Å². The van der Waals surface area contributed by atoms with Crippen molar-refractivity contribution in [1.82, 2.24) is 4.90 Å². The number of β-amino-alcohol motifs (C(OH)–C–C–N with tert-alkyl or cyclic N) is 1. The first-order chi connectivity index (χ1) is 9.97. The Labute approximate surface area is 130 Å². The zero-order chi connectivity index (χ0) is 15.4. The topological polar surface area (TPSA) is 23.5 Å². The molecule has 1 fully saturated rings. The van der Waals surface area contributed by atoms with E-state index in [1.54, 1.807) is 0 Å². The maximum Gasteiger partial charge on any atom is 0.0917 e. The van der Waals surface area contributed by atoms with Crippen LogP contribution in [-0.2, 0) is 6.42 Å². The van der Waals surface area contributed by atoms with E-state index in [4.69, 9.17) is 0 Å². The first-order valence-corrected chi connectivity index (χ1v) is 8.48. The molecule has 0 bridgehead atoms. The van der Waals surface area contributed by atoms with Gasteiger partial charge in [-0.2, -0.15) is 0 Å². The Hall–Kier alpha value is -0.860. The van der Waals surface area contributed by atoms with Crippen molar-refractivity contribution in [3.05, 3.63) is 35.4 Å². The number of hydrogen-bond donors (Lipinski definition) is 1. The summed E-state index contributed by atoms with van der Waals surface area (Å²) in [6.07, 6.45) is 3.31. The van der Waals surface area contributed by atoms with Crippen molar-refractivity contribution in [1.29, 1.82) is 0 Å². The number of nitrogens with zero attached hydrogens (tertiary/aromatic N) is 1. The van der Waals surface area contributed by atoms with Gasteiger partial charge in [-0.3, -0.25) is 4.90 Å². The average molecular weight is 289 g/mol. The molecule has 2 rings (SSSR count). The lowest BCUT2D eigenvalue weighted by molar-refractivity contribution is 0.0513. The zero-order valence-corrected chi connectivity index (χ0v) is 14.0. The lowest BCUT2D eigenvalue weighted by Crippen LogP contribution is -2.44. The number of aliphatic hydroxyl groups is 1. The number of likely N-dealkylation sites (tertiary alicyclic amines) is 1. The van der Waals surface area contributed by atoms with Gasteiger partial charge in [0.15, 0.2) is 0 Å². The number of hydrogen-bond acceptors (Lipinski definition) is 2. The standard InChI is InChI=1S/C19H31NO/c1-14(2)12-17-7-9-18(10-8-17)19(21)13-20-11-5-6-15(3)16(20)4/h7-10,14-16,19,21H,5-6,11-13H2,1-4H3. The fourth-order valence-corrected chi connectivity index (χ4v) is 3.35. The molecule has 0 saturated carbocycles. The molecule has 0 aliphatic carbocycles. The monoisotopic (exact) mass is 289 g/mol. The van der Waals surface area contributed by atoms with Crippen LogP contribution in [0, 0.1) is 11.8 Å². The summed E-state index contributed by atoms with van der Waals surface area (Å²) in [5, 5.41) is 10.5. The van der Waals surface area contributed by atoms with Crippen molar-refractivity contribution in [3.63, 3.8) is 0 Å². The molecule has 1 heterocycles. The highest BCUT2D eigenvalue weighted by Gasteiger charge is 2.26. The third-order valence-electron chi connectivity index (χ3n) is 4.92. The molecule has 3 unspecified atom stereocenters. The lowest BCUT2D eigenvalue weighted by Gasteiger charge is -2.39. The van der Waals surface area contributed by atoms with Gasteiger partial charge in [0.1, 0.15) is 0 Å². The summed E-state index contributed by atoms with van der Waals surface area (Å²) < 4.78 is 0. The van der Waals surface area contributed by atoms with Gasteiger partial charge in [0, 0.05) is 12.6 Å². The minimum absolute atomic E-state index is 0.370. The smallest absolute Gasteiger partial charge is 0.0917 e. The second kappa shape index (κ2) is 7.42. The van der Waals surface area contributed by atoms with E-state index in [-0.39, 0.29) is 6.10 Å². The summed E-state index contributed by atoms with van der Waals surface area (Å²) in [4.78, 5) is 2.45. The molecule has 1 N–H and O–H groups in total. The van der Waals surface area contributed by atoms with Gasteiger partial charge < -0.3 is 5.11 Å². The lowest BCUT2D eigenvalue weighted by atomic mass is 9.91. The van der Waals surface area contributed by atoms with E-state index >= 15 is 0 Å². The van der Waals surface area contributed by atoms with Crippen LogP contribution in [0.4, 0.5) is 0 Å². The van der Waals surface area contributed by atoms with Crippen molar-refractivity contribution in [2.75, 3.05) is 13.1 Å². The average Bonchev–Trinajstić information content (AvgIpc) is 2.44. The highest BCUT2D eigenvalue weighted by molar-refractivity contribution is 5.24. The van der Waals surface area contributed by atoms with Crippen molar-refractivity contribution < 1.29 is 5.11 Å². The summed E-state index contributed by atoms with van der Waals surface area (Å²) in [7, 11) is 0. The van der Waals surface area contributed by atoms with Gasteiger partial charge in [-0.15, -0.1) is 0 Å². The molecule has 21 heavy (non-hydrogen) atoms. The summed E-state index contributed by atoms with van der Waals surface area (Å²) in [5.41, 5.74) is 2.41. The van der Waals surface area contributed by atoms with E-state index in [1.165, 1.54) is 18.4 Å². The summed E-state index contributed by atoms with van der Waals surface area (Å²) >= 11 is 0. The van der Waals surface area contributed by atoms with Crippen molar-refractivity contribution in [2.45, 2.75) is 59.1 Å². The van der Waals surface area contributed by atoms with E-state index in [1.807, 2.05) is 0 Å². The quantitative estimate of drug-likeness (QED) is 0.884. The Bertz CT molecular complexity index is 426. The van der Waals surface area contributed by atoms with Crippen LogP contribution in [-0.4, -0.2) is 29.1 Å². The molecular formula is C19H31NO. The van der Waals surface area contributed by atoms with E-state index < -0.39 is 0 Å². The predicted molar refractivity (Wildman–Crippen MR) is 89.4 cm³/mol. The van der Waals surface area contributed by atoms with Gasteiger partial charge in [-0.25, -0.2) is 0 Å². The molecule has 0 aromatic heterocycles. The molecule has 1 aromatic carbocycles. The normalized spacial score (nSPS) is 25.2. The second-order valence-corrected chi connectivity index (χ2v) is 7.21. The highest BCUT2D eigenvalue weighted by Crippen LogP contribution is 2.25. The fourth-order valence-electron chi connectivity index (χ4n) is 3.35. The summed E-state index contributed by atoms with van der Waals surface area (Å²) in [6.45, 7) is 11.0. The maximum atomic E-state index is 10.5. The molecule has 2 nitrogen and oxygen atoms in total. The van der Waals surface area contributed by atoms with Crippen LogP contribution < -0.4 is 0 Å². The second-order valence-electron chi connectivity index (χ2n) is 7.21. The van der Waals surface area contributed by atoms with Gasteiger partial charge in [0.25, 0.3) is 0 Å². The van der Waals surface area contributed by atoms with Gasteiger partial charge >= 0.3 is 0 Å². The molecule has 3 atom stereocenters. The van der Waals surface area contributed by atoms with Gasteiger partial charge in [0.2, 0.25) is 0 Å². The van der Waals surface area contributed by atoms with Gasteiger partial charge in [-0.05, 0) is 55.7 Å². The molecule has 1 aliphatic rings. The van der Waals surface area contributed by atoms with Crippen LogP contribution >= 0.6 is 0 Å². The van der Waals surface area contributed by atoms with Crippen LogP contribution in [0.3, 0.4) is 0 Å². The highest BCUT2D eigenvalue weighted by atomic mass is 16.3. The molecule has 2 heteroatoms. The summed E-state index contributed by atoms with van der Waals surface area (Å²) in [5.74, 6) is 1.41. The van der Waals surface area contributed by atoms with Crippen LogP contribution in [0.5, 0.6) is 0 Å². The minimum Gasteiger partial charge on any atom is -0.387 e. The Morgan fingerprint density at radius 2 is 1.86 bits per heavy atom. The molecular weight excluding hydrogens is 258 g/mol. The first-order valence-electron chi connectivity index (χ1n) is 8.48. The predicted octanol–water partition coefficient (Wildman–Crippen LogP) is 4.04. The Balaban J connectivity index is 1.95. The van der Waals surface area contributed by atoms with Gasteiger partial charge in [0.05, 0.1) is 6.10 Å². The molecule has 0 radical (unpaired) electrons. The van der Waals surface area contributed by atoms with E-state index in [0.29, 0.717) is 12.0 Å². The van der Waals surface area contributed by atoms with Gasteiger partial charge in [-0.1, -0.05) is 45.0 Å². The number of piperidine rings is 1. The largest absolute Gasteiger partial charge is 0.387 e. The third-order valence-corrected chi connectivity index (χ3v) is 4.92. The minimum atomic E-state index is -0.370. The van der Waals surface area contributed by atoms with Crippen LogP contribution in [0.25, 0.3) is 0 Å². The molecule has 0 spiro atoms. The zero-order valence-electron chi connectivity index (χ0n) is 14.0. The van der Waals surface area contributed by atoms with Crippen molar-refractivity contribution >= 4 is 0 Å². The van der Waals surface area contributed by atoms with E-state index in [0.717, 1.165) is 31.0 Å². The first kappa shape index (κ1) is 16.5. The molecule has 1 aromatic rings. The fraction of sp³-hybridized carbons (Fsp3) is 0.684.